The number of carbonyl (C=O) groups excluding carboxylic acids is 1. The lowest BCUT2D eigenvalue weighted by molar-refractivity contribution is -0.115. The van der Waals surface area contributed by atoms with Crippen molar-refractivity contribution in [3.63, 3.8) is 0 Å². The van der Waals surface area contributed by atoms with Crippen molar-refractivity contribution in [2.75, 3.05) is 13.7 Å². The van der Waals surface area contributed by atoms with E-state index in [1.807, 2.05) is 19.1 Å². The zero-order valence-corrected chi connectivity index (χ0v) is 19.3. The fourth-order valence-electron chi connectivity index (χ4n) is 3.09. The average Bonchev–Trinajstić information content (AvgIpc) is 3.09. The van der Waals surface area contributed by atoms with E-state index in [0.29, 0.717) is 27.5 Å². The minimum Gasteiger partial charge on any atom is -0.495 e. The highest BCUT2D eigenvalue weighted by Gasteiger charge is 2.18. The third-order valence-corrected chi connectivity index (χ3v) is 5.99. The van der Waals surface area contributed by atoms with Crippen molar-refractivity contribution in [1.82, 2.24) is 9.88 Å². The zero-order valence-electron chi connectivity index (χ0n) is 17.7. The topological polar surface area (TPSA) is 84.1 Å². The van der Waals surface area contributed by atoms with E-state index in [4.69, 9.17) is 16.3 Å². The molecule has 0 aliphatic rings. The van der Waals surface area contributed by atoms with Crippen LogP contribution in [-0.2, 0) is 4.79 Å². The summed E-state index contributed by atoms with van der Waals surface area (Å²) in [5, 5.41) is 13.1. The Morgan fingerprint density at radius 3 is 2.75 bits per heavy atom. The molecular formula is C24H22ClN3O3S. The third-order valence-electron chi connectivity index (χ3n) is 4.66. The standard InChI is InChI=1S/C24H22ClN3O3S/c1-3-4-12-27-22(29)18(15-26)24-28(19-10-5-6-11-20(19)31-2)23(30)21(32-24)14-16-8-7-9-17(25)13-16/h5-11,13-14H,3-4,12H2,1-2H3,(H,27,29)/b21-14-,24-18-. The Kier molecular flexibility index (Phi) is 7.87. The van der Waals surface area contributed by atoms with Crippen LogP contribution in [-0.4, -0.2) is 24.1 Å². The number of amides is 1. The number of rotatable bonds is 7. The summed E-state index contributed by atoms with van der Waals surface area (Å²) in [6.45, 7) is 2.46. The number of nitrogens with one attached hydrogen (secondary N) is 1. The van der Waals surface area contributed by atoms with E-state index in [2.05, 4.69) is 5.32 Å². The molecule has 0 saturated carbocycles. The van der Waals surface area contributed by atoms with Crippen molar-refractivity contribution in [3.8, 4) is 17.5 Å². The van der Waals surface area contributed by atoms with Crippen molar-refractivity contribution in [2.24, 2.45) is 0 Å². The molecule has 0 fully saturated rings. The van der Waals surface area contributed by atoms with Gasteiger partial charge in [0.15, 0.2) is 5.57 Å². The zero-order chi connectivity index (χ0) is 23.1. The number of benzene rings is 2. The molecule has 0 radical (unpaired) electrons. The highest BCUT2D eigenvalue weighted by Crippen LogP contribution is 2.19. The summed E-state index contributed by atoms with van der Waals surface area (Å²) in [4.78, 5) is 26.2. The number of unbranched alkanes of at least 4 members (excludes halogenated alkanes) is 1. The number of nitriles is 1. The molecule has 1 N–H and O–H groups in total. The molecule has 164 valence electrons. The maximum atomic E-state index is 13.5. The summed E-state index contributed by atoms with van der Waals surface area (Å²) >= 11 is 7.16. The van der Waals surface area contributed by atoms with Gasteiger partial charge in [-0.2, -0.15) is 5.26 Å². The second-order valence-corrected chi connectivity index (χ2v) is 8.35. The van der Waals surface area contributed by atoms with E-state index in [-0.39, 0.29) is 15.8 Å². The molecule has 0 aliphatic heterocycles. The number of hydrogen-bond donors (Lipinski definition) is 1. The number of aromatic nitrogens is 1. The van der Waals surface area contributed by atoms with Crippen LogP contribution in [0.1, 0.15) is 25.3 Å². The molecule has 0 bridgehead atoms. The van der Waals surface area contributed by atoms with E-state index in [0.717, 1.165) is 29.7 Å². The van der Waals surface area contributed by atoms with Gasteiger partial charge in [-0.05, 0) is 42.3 Å². The predicted octanol–water partition coefficient (Wildman–Crippen LogP) is 2.98. The molecule has 8 heteroatoms. The lowest BCUT2D eigenvalue weighted by Gasteiger charge is -2.09. The molecular weight excluding hydrogens is 446 g/mol. The number of thiazole rings is 1. The van der Waals surface area contributed by atoms with Gasteiger partial charge < -0.3 is 10.1 Å². The predicted molar refractivity (Wildman–Crippen MR) is 128 cm³/mol. The van der Waals surface area contributed by atoms with E-state index in [1.54, 1.807) is 48.5 Å². The van der Waals surface area contributed by atoms with Gasteiger partial charge in [0, 0.05) is 11.6 Å². The van der Waals surface area contributed by atoms with Crippen LogP contribution in [0.25, 0.3) is 17.3 Å². The molecule has 0 aliphatic carbocycles. The fraction of sp³-hybridized carbons (Fsp3) is 0.208. The van der Waals surface area contributed by atoms with Crippen LogP contribution in [0.5, 0.6) is 5.75 Å². The summed E-state index contributed by atoms with van der Waals surface area (Å²) in [6, 6.07) is 16.1. The first kappa shape index (κ1) is 23.3. The van der Waals surface area contributed by atoms with Gasteiger partial charge in [-0.1, -0.05) is 49.2 Å². The molecule has 0 atom stereocenters. The Morgan fingerprint density at radius 1 is 1.28 bits per heavy atom. The Hall–Kier alpha value is -3.34. The highest BCUT2D eigenvalue weighted by molar-refractivity contribution is 7.07. The Bertz CT molecular complexity index is 1350. The molecule has 32 heavy (non-hydrogen) atoms. The van der Waals surface area contributed by atoms with E-state index in [1.165, 1.54) is 11.7 Å². The number of carbonyl (C=O) groups is 1. The normalized spacial score (nSPS) is 12.2. The lowest BCUT2D eigenvalue weighted by Crippen LogP contribution is -2.34. The van der Waals surface area contributed by atoms with Crippen molar-refractivity contribution >= 4 is 40.5 Å². The summed E-state index contributed by atoms with van der Waals surface area (Å²) < 4.78 is 7.39. The summed E-state index contributed by atoms with van der Waals surface area (Å²) in [5.41, 5.74) is 0.704. The first-order chi connectivity index (χ1) is 15.5. The van der Waals surface area contributed by atoms with Crippen LogP contribution in [0.4, 0.5) is 0 Å². The van der Waals surface area contributed by atoms with Gasteiger partial charge in [0.2, 0.25) is 0 Å². The number of nitrogens with zero attached hydrogens (tertiary/aromatic N) is 2. The van der Waals surface area contributed by atoms with E-state index >= 15 is 0 Å². The summed E-state index contributed by atoms with van der Waals surface area (Å²) in [7, 11) is 1.50. The Labute approximate surface area is 194 Å². The van der Waals surface area contributed by atoms with Gasteiger partial charge in [-0.25, -0.2) is 0 Å². The quantitative estimate of drug-likeness (QED) is 0.541. The SMILES string of the molecule is CCCCNC(=O)/C(C#N)=c1\s/c(=C\c2cccc(Cl)c2)c(=O)n1-c1ccccc1OC. The number of methoxy groups -OCH3 is 1. The van der Waals surface area contributed by atoms with Gasteiger partial charge in [0.05, 0.1) is 17.3 Å². The molecule has 3 aromatic rings. The molecule has 1 aromatic heterocycles. The Balaban J connectivity index is 2.34. The van der Waals surface area contributed by atoms with Crippen LogP contribution in [0.15, 0.2) is 53.3 Å². The molecule has 1 amide bonds. The number of para-hydroxylation sites is 2. The molecule has 2 aromatic carbocycles. The van der Waals surface area contributed by atoms with Gasteiger partial charge in [0.25, 0.3) is 11.5 Å². The minimum absolute atomic E-state index is 0.125. The lowest BCUT2D eigenvalue weighted by atomic mass is 10.2. The molecule has 1 heterocycles. The Morgan fingerprint density at radius 2 is 2.06 bits per heavy atom. The number of ether oxygens (including phenoxy) is 1. The largest absolute Gasteiger partial charge is 0.495 e. The maximum Gasteiger partial charge on any atom is 0.273 e. The molecule has 6 nitrogen and oxygen atoms in total. The third kappa shape index (κ3) is 5.10. The second kappa shape index (κ2) is 10.8. The smallest absolute Gasteiger partial charge is 0.273 e. The van der Waals surface area contributed by atoms with Gasteiger partial charge in [-0.15, -0.1) is 11.3 Å². The second-order valence-electron chi connectivity index (χ2n) is 6.88. The minimum atomic E-state index is -0.514. The summed E-state index contributed by atoms with van der Waals surface area (Å²) in [6.07, 6.45) is 3.39. The van der Waals surface area contributed by atoms with Crippen molar-refractivity contribution in [3.05, 3.63) is 78.7 Å². The maximum absolute atomic E-state index is 13.5. The van der Waals surface area contributed by atoms with Crippen LogP contribution in [0.2, 0.25) is 5.02 Å². The van der Waals surface area contributed by atoms with Crippen LogP contribution >= 0.6 is 22.9 Å². The first-order valence-electron chi connectivity index (χ1n) is 10.0. The molecule has 0 unspecified atom stereocenters. The van der Waals surface area contributed by atoms with Crippen LogP contribution < -0.4 is 24.8 Å². The number of halogens is 1. The van der Waals surface area contributed by atoms with E-state index < -0.39 is 5.91 Å². The monoisotopic (exact) mass is 467 g/mol. The summed E-state index contributed by atoms with van der Waals surface area (Å²) in [5.74, 6) is -0.0632. The van der Waals surface area contributed by atoms with Gasteiger partial charge in [-0.3, -0.25) is 14.2 Å². The number of hydrogen-bond acceptors (Lipinski definition) is 5. The van der Waals surface area contributed by atoms with Crippen molar-refractivity contribution in [2.45, 2.75) is 19.8 Å². The molecule has 0 saturated heterocycles. The molecule has 3 rings (SSSR count). The fourth-order valence-corrected chi connectivity index (χ4v) is 4.39. The molecule has 0 spiro atoms. The van der Waals surface area contributed by atoms with Gasteiger partial charge in [0.1, 0.15) is 16.5 Å². The highest BCUT2D eigenvalue weighted by atomic mass is 35.5. The first-order valence-corrected chi connectivity index (χ1v) is 11.2. The van der Waals surface area contributed by atoms with Crippen molar-refractivity contribution < 1.29 is 9.53 Å². The van der Waals surface area contributed by atoms with Crippen LogP contribution in [0, 0.1) is 11.3 Å². The van der Waals surface area contributed by atoms with Gasteiger partial charge >= 0.3 is 0 Å². The average molecular weight is 468 g/mol. The van der Waals surface area contributed by atoms with Crippen LogP contribution in [0.3, 0.4) is 0 Å². The van der Waals surface area contributed by atoms with E-state index in [9.17, 15) is 14.9 Å². The van der Waals surface area contributed by atoms with Crippen molar-refractivity contribution in [1.29, 1.82) is 5.26 Å².